The van der Waals surface area contributed by atoms with E-state index >= 15 is 0 Å². The van der Waals surface area contributed by atoms with Crippen molar-refractivity contribution < 1.29 is 0 Å². The first-order chi connectivity index (χ1) is 8.40. The molecule has 0 spiro atoms. The van der Waals surface area contributed by atoms with Gasteiger partial charge in [0.05, 0.1) is 6.54 Å². The molecular weight excluding hydrogens is 208 g/mol. The van der Waals surface area contributed by atoms with E-state index in [1.165, 1.54) is 12.0 Å². The Balaban J connectivity index is 1.95. The lowest BCUT2D eigenvalue weighted by Gasteiger charge is -2.18. The molecule has 0 aliphatic carbocycles. The Kier molecular flexibility index (Phi) is 4.37. The quantitative estimate of drug-likeness (QED) is 0.755. The molecule has 1 aromatic carbocycles. The first-order valence-corrected chi connectivity index (χ1v) is 6.40. The number of aliphatic imine (C=N–C) groups is 1. The van der Waals surface area contributed by atoms with Gasteiger partial charge in [0.25, 0.3) is 0 Å². The molecule has 0 bridgehead atoms. The Morgan fingerprint density at radius 3 is 2.88 bits per heavy atom. The highest BCUT2D eigenvalue weighted by molar-refractivity contribution is 5.94. The number of nitrogens with zero attached hydrogens (tertiary/aromatic N) is 2. The van der Waals surface area contributed by atoms with Gasteiger partial charge in [0.2, 0.25) is 0 Å². The number of benzene rings is 1. The SMILES string of the molecule is CCC/C=C/C1=NCCN1Cc1ccccc1. The third-order valence-corrected chi connectivity index (χ3v) is 2.91. The number of amidine groups is 1. The second kappa shape index (κ2) is 6.24. The number of rotatable bonds is 5. The monoisotopic (exact) mass is 228 g/mol. The number of hydrogen-bond donors (Lipinski definition) is 0. The Morgan fingerprint density at radius 1 is 1.29 bits per heavy atom. The zero-order chi connectivity index (χ0) is 11.9. The fraction of sp³-hybridized carbons (Fsp3) is 0.400. The van der Waals surface area contributed by atoms with E-state index in [-0.39, 0.29) is 0 Å². The number of hydrogen-bond acceptors (Lipinski definition) is 2. The van der Waals surface area contributed by atoms with Crippen molar-refractivity contribution in [3.63, 3.8) is 0 Å². The van der Waals surface area contributed by atoms with Crippen LogP contribution in [0.3, 0.4) is 0 Å². The number of unbranched alkanes of at least 4 members (excludes halogenated alkanes) is 1. The fourth-order valence-corrected chi connectivity index (χ4v) is 1.98. The topological polar surface area (TPSA) is 15.6 Å². The minimum atomic E-state index is 0.929. The summed E-state index contributed by atoms with van der Waals surface area (Å²) in [5.41, 5.74) is 1.35. The molecule has 0 amide bonds. The summed E-state index contributed by atoms with van der Waals surface area (Å²) in [6.45, 7) is 5.14. The molecule has 1 aliphatic heterocycles. The standard InChI is InChI=1S/C15H20N2/c1-2-3-5-10-15-16-11-12-17(15)13-14-8-6-4-7-9-14/h4-10H,2-3,11-13H2,1H3/b10-5+. The van der Waals surface area contributed by atoms with Gasteiger partial charge in [0, 0.05) is 13.1 Å². The summed E-state index contributed by atoms with van der Waals surface area (Å²) < 4.78 is 0. The second-order valence-electron chi connectivity index (χ2n) is 4.34. The first kappa shape index (κ1) is 11.9. The van der Waals surface area contributed by atoms with Crippen LogP contribution in [0.25, 0.3) is 0 Å². The van der Waals surface area contributed by atoms with E-state index in [1.807, 2.05) is 0 Å². The van der Waals surface area contributed by atoms with E-state index in [9.17, 15) is 0 Å². The van der Waals surface area contributed by atoms with E-state index in [1.54, 1.807) is 0 Å². The van der Waals surface area contributed by atoms with Crippen molar-refractivity contribution in [2.45, 2.75) is 26.3 Å². The molecule has 0 saturated heterocycles. The van der Waals surface area contributed by atoms with E-state index in [4.69, 9.17) is 0 Å². The van der Waals surface area contributed by atoms with Gasteiger partial charge in [0.15, 0.2) is 0 Å². The lowest BCUT2D eigenvalue weighted by atomic mass is 10.2. The maximum atomic E-state index is 4.54. The smallest absolute Gasteiger partial charge is 0.123 e. The van der Waals surface area contributed by atoms with Crippen LogP contribution in [-0.2, 0) is 6.54 Å². The second-order valence-corrected chi connectivity index (χ2v) is 4.34. The van der Waals surface area contributed by atoms with Crippen LogP contribution in [0.5, 0.6) is 0 Å². The lowest BCUT2D eigenvalue weighted by Crippen LogP contribution is -2.25. The zero-order valence-corrected chi connectivity index (χ0v) is 10.5. The normalized spacial score (nSPS) is 15.6. The summed E-state index contributed by atoms with van der Waals surface area (Å²) in [4.78, 5) is 6.89. The van der Waals surface area contributed by atoms with Crippen LogP contribution in [0.15, 0.2) is 47.5 Å². The largest absolute Gasteiger partial charge is 0.351 e. The van der Waals surface area contributed by atoms with Crippen molar-refractivity contribution in [1.29, 1.82) is 0 Å². The van der Waals surface area contributed by atoms with Crippen LogP contribution < -0.4 is 0 Å². The third kappa shape index (κ3) is 3.45. The molecule has 0 radical (unpaired) electrons. The summed E-state index contributed by atoms with van der Waals surface area (Å²) in [6, 6.07) is 10.6. The summed E-state index contributed by atoms with van der Waals surface area (Å²) >= 11 is 0. The van der Waals surface area contributed by atoms with Crippen molar-refractivity contribution in [2.75, 3.05) is 13.1 Å². The Labute approximate surface area is 104 Å². The molecule has 0 unspecified atom stereocenters. The summed E-state index contributed by atoms with van der Waals surface area (Å²) in [7, 11) is 0. The molecule has 1 aromatic rings. The molecule has 0 atom stereocenters. The Bertz CT molecular complexity index is 393. The molecular formula is C15H20N2. The van der Waals surface area contributed by atoms with Gasteiger partial charge in [-0.05, 0) is 18.1 Å². The molecule has 2 rings (SSSR count). The minimum absolute atomic E-state index is 0.929. The van der Waals surface area contributed by atoms with Gasteiger partial charge >= 0.3 is 0 Å². The highest BCUT2D eigenvalue weighted by Crippen LogP contribution is 2.10. The average Bonchev–Trinajstić information content (AvgIpc) is 2.79. The van der Waals surface area contributed by atoms with Gasteiger partial charge < -0.3 is 4.90 Å². The Hall–Kier alpha value is -1.57. The molecule has 0 saturated carbocycles. The molecule has 1 heterocycles. The molecule has 2 nitrogen and oxygen atoms in total. The van der Waals surface area contributed by atoms with Crippen molar-refractivity contribution in [3.8, 4) is 0 Å². The van der Waals surface area contributed by atoms with Crippen LogP contribution >= 0.6 is 0 Å². The van der Waals surface area contributed by atoms with E-state index < -0.39 is 0 Å². The average molecular weight is 228 g/mol. The van der Waals surface area contributed by atoms with Crippen LogP contribution in [0.1, 0.15) is 25.3 Å². The molecule has 90 valence electrons. The minimum Gasteiger partial charge on any atom is -0.351 e. The first-order valence-electron chi connectivity index (χ1n) is 6.40. The molecule has 0 fully saturated rings. The van der Waals surface area contributed by atoms with Gasteiger partial charge in [0.1, 0.15) is 5.84 Å². The van der Waals surface area contributed by atoms with Crippen molar-refractivity contribution >= 4 is 5.84 Å². The Morgan fingerprint density at radius 2 is 2.12 bits per heavy atom. The molecule has 2 heteroatoms. The van der Waals surface area contributed by atoms with Crippen LogP contribution in [0.4, 0.5) is 0 Å². The maximum absolute atomic E-state index is 4.54. The van der Waals surface area contributed by atoms with Gasteiger partial charge in [-0.3, -0.25) is 4.99 Å². The predicted molar refractivity (Wildman–Crippen MR) is 73.2 cm³/mol. The lowest BCUT2D eigenvalue weighted by molar-refractivity contribution is 0.454. The third-order valence-electron chi connectivity index (χ3n) is 2.91. The van der Waals surface area contributed by atoms with Gasteiger partial charge in [-0.25, -0.2) is 0 Å². The number of allylic oxidation sites excluding steroid dienone is 1. The van der Waals surface area contributed by atoms with Gasteiger partial charge in [-0.2, -0.15) is 0 Å². The van der Waals surface area contributed by atoms with Gasteiger partial charge in [-0.1, -0.05) is 49.8 Å². The zero-order valence-electron chi connectivity index (χ0n) is 10.5. The molecule has 0 aromatic heterocycles. The van der Waals surface area contributed by atoms with E-state index in [0.717, 1.165) is 31.9 Å². The molecule has 1 aliphatic rings. The van der Waals surface area contributed by atoms with Crippen molar-refractivity contribution in [2.24, 2.45) is 4.99 Å². The summed E-state index contributed by atoms with van der Waals surface area (Å²) in [5, 5.41) is 0. The molecule has 17 heavy (non-hydrogen) atoms. The maximum Gasteiger partial charge on any atom is 0.123 e. The summed E-state index contributed by atoms with van der Waals surface area (Å²) in [6.07, 6.45) is 6.72. The van der Waals surface area contributed by atoms with E-state index in [2.05, 4.69) is 59.3 Å². The van der Waals surface area contributed by atoms with Crippen molar-refractivity contribution in [1.82, 2.24) is 4.90 Å². The summed E-state index contributed by atoms with van der Waals surface area (Å²) in [5.74, 6) is 1.14. The fourth-order valence-electron chi connectivity index (χ4n) is 1.98. The van der Waals surface area contributed by atoms with Crippen LogP contribution in [-0.4, -0.2) is 23.8 Å². The van der Waals surface area contributed by atoms with E-state index in [0.29, 0.717) is 0 Å². The van der Waals surface area contributed by atoms with Crippen LogP contribution in [0.2, 0.25) is 0 Å². The highest BCUT2D eigenvalue weighted by Gasteiger charge is 2.13. The van der Waals surface area contributed by atoms with Crippen LogP contribution in [0, 0.1) is 0 Å². The molecule has 0 N–H and O–H groups in total. The van der Waals surface area contributed by atoms with Crippen molar-refractivity contribution in [3.05, 3.63) is 48.0 Å². The highest BCUT2D eigenvalue weighted by atomic mass is 15.2. The predicted octanol–water partition coefficient (Wildman–Crippen LogP) is 3.26. The van der Waals surface area contributed by atoms with Gasteiger partial charge in [-0.15, -0.1) is 0 Å².